The van der Waals surface area contributed by atoms with Gasteiger partial charge >= 0.3 is 0 Å². The number of benzene rings is 1. The first kappa shape index (κ1) is 10.6. The van der Waals surface area contributed by atoms with Crippen LogP contribution in [0.1, 0.15) is 16.2 Å². The Morgan fingerprint density at radius 3 is 2.94 bits per heavy atom. The smallest absolute Gasteiger partial charge is 0.292 e. The van der Waals surface area contributed by atoms with E-state index in [0.29, 0.717) is 10.7 Å². The molecule has 0 aliphatic rings. The molecule has 0 spiro atoms. The number of aryl methyl sites for hydroxylation is 1. The highest BCUT2D eigenvalue weighted by molar-refractivity contribution is 6.30. The van der Waals surface area contributed by atoms with Gasteiger partial charge in [-0.3, -0.25) is 9.89 Å². The van der Waals surface area contributed by atoms with Gasteiger partial charge in [0.25, 0.3) is 5.91 Å². The van der Waals surface area contributed by atoms with Crippen molar-refractivity contribution in [2.75, 3.05) is 5.32 Å². The summed E-state index contributed by atoms with van der Waals surface area (Å²) in [6.07, 6.45) is 1.28. The van der Waals surface area contributed by atoms with Crippen molar-refractivity contribution in [3.63, 3.8) is 0 Å². The molecule has 2 N–H and O–H groups in total. The summed E-state index contributed by atoms with van der Waals surface area (Å²) in [7, 11) is 0. The van der Waals surface area contributed by atoms with E-state index in [1.807, 2.05) is 6.92 Å². The van der Waals surface area contributed by atoms with Gasteiger partial charge in [0, 0.05) is 10.7 Å². The number of amides is 1. The molecule has 6 heteroatoms. The fourth-order valence-corrected chi connectivity index (χ4v) is 1.49. The highest BCUT2D eigenvalue weighted by atomic mass is 35.5. The molecule has 1 heterocycles. The average Bonchev–Trinajstić information content (AvgIpc) is 2.75. The highest BCUT2D eigenvalue weighted by Gasteiger charge is 2.09. The van der Waals surface area contributed by atoms with Gasteiger partial charge in [0.2, 0.25) is 5.82 Å². The lowest BCUT2D eigenvalue weighted by molar-refractivity contribution is 0.101. The minimum absolute atomic E-state index is 0.175. The first-order valence-corrected chi connectivity index (χ1v) is 4.97. The normalized spacial score (nSPS) is 10.1. The maximum absolute atomic E-state index is 11.6. The number of rotatable bonds is 2. The van der Waals surface area contributed by atoms with E-state index in [1.165, 1.54) is 6.33 Å². The zero-order chi connectivity index (χ0) is 11.5. The molecule has 0 bridgehead atoms. The number of aromatic nitrogens is 3. The summed E-state index contributed by atoms with van der Waals surface area (Å²) in [6, 6.07) is 5.23. The number of hydrogen-bond donors (Lipinski definition) is 2. The molecule has 16 heavy (non-hydrogen) atoms. The number of H-pyrrole nitrogens is 1. The molecule has 82 valence electrons. The molecule has 0 saturated heterocycles. The second kappa shape index (κ2) is 4.32. The van der Waals surface area contributed by atoms with Crippen molar-refractivity contribution in [1.82, 2.24) is 15.2 Å². The molecule has 1 amide bonds. The Labute approximate surface area is 96.8 Å². The highest BCUT2D eigenvalue weighted by Crippen LogP contribution is 2.19. The Morgan fingerprint density at radius 1 is 1.50 bits per heavy atom. The third kappa shape index (κ3) is 2.20. The first-order chi connectivity index (χ1) is 7.66. The summed E-state index contributed by atoms with van der Waals surface area (Å²) in [5, 5.41) is 9.44. The SMILES string of the molecule is Cc1cc(Cl)ccc1NC(=O)c1ncn[nH]1. The number of halogens is 1. The number of carbonyl (C=O) groups excluding carboxylic acids is 1. The van der Waals surface area contributed by atoms with Crippen molar-refractivity contribution < 1.29 is 4.79 Å². The molecule has 0 aliphatic heterocycles. The van der Waals surface area contributed by atoms with Crippen LogP contribution in [0.4, 0.5) is 5.69 Å². The fraction of sp³-hybridized carbons (Fsp3) is 0.100. The Kier molecular flexibility index (Phi) is 2.87. The van der Waals surface area contributed by atoms with Crippen LogP contribution in [0.5, 0.6) is 0 Å². The van der Waals surface area contributed by atoms with Crippen molar-refractivity contribution in [3.05, 3.63) is 40.9 Å². The van der Waals surface area contributed by atoms with Gasteiger partial charge in [-0.15, -0.1) is 0 Å². The molecule has 0 radical (unpaired) electrons. The fourth-order valence-electron chi connectivity index (χ4n) is 1.26. The summed E-state index contributed by atoms with van der Waals surface area (Å²) in [5.74, 6) is -0.155. The first-order valence-electron chi connectivity index (χ1n) is 4.59. The molecule has 0 atom stereocenters. The number of nitrogens with zero attached hydrogens (tertiary/aromatic N) is 2. The van der Waals surface area contributed by atoms with Crippen LogP contribution >= 0.6 is 11.6 Å². The van der Waals surface area contributed by atoms with Crippen LogP contribution in [0.25, 0.3) is 0 Å². The van der Waals surface area contributed by atoms with Crippen molar-refractivity contribution in [3.8, 4) is 0 Å². The van der Waals surface area contributed by atoms with Crippen molar-refractivity contribution in [1.29, 1.82) is 0 Å². The van der Waals surface area contributed by atoms with Gasteiger partial charge in [0.15, 0.2) is 0 Å². The van der Waals surface area contributed by atoms with E-state index in [4.69, 9.17) is 11.6 Å². The van der Waals surface area contributed by atoms with E-state index >= 15 is 0 Å². The van der Waals surface area contributed by atoms with Gasteiger partial charge < -0.3 is 5.32 Å². The molecule has 1 aromatic heterocycles. The number of hydrogen-bond acceptors (Lipinski definition) is 3. The van der Waals surface area contributed by atoms with Gasteiger partial charge in [-0.1, -0.05) is 11.6 Å². The van der Waals surface area contributed by atoms with Gasteiger partial charge in [-0.05, 0) is 30.7 Å². The van der Waals surface area contributed by atoms with Crippen LogP contribution < -0.4 is 5.32 Å². The molecule has 5 nitrogen and oxygen atoms in total. The lowest BCUT2D eigenvalue weighted by Crippen LogP contribution is -2.14. The standard InChI is InChI=1S/C10H9ClN4O/c1-6-4-7(11)2-3-8(6)14-10(16)9-12-5-13-15-9/h2-5H,1H3,(H,14,16)(H,12,13,15). The molecule has 1 aromatic carbocycles. The summed E-state index contributed by atoms with van der Waals surface area (Å²) >= 11 is 5.81. The monoisotopic (exact) mass is 236 g/mol. The number of anilines is 1. The maximum Gasteiger partial charge on any atom is 0.292 e. The summed E-state index contributed by atoms with van der Waals surface area (Å²) in [5.41, 5.74) is 1.59. The molecule has 0 fully saturated rings. The Hall–Kier alpha value is -1.88. The predicted octanol–water partition coefficient (Wildman–Crippen LogP) is 2.02. The third-order valence-electron chi connectivity index (χ3n) is 2.07. The largest absolute Gasteiger partial charge is 0.319 e. The number of carbonyl (C=O) groups is 1. The van der Waals surface area contributed by atoms with Crippen LogP contribution in [-0.2, 0) is 0 Å². The van der Waals surface area contributed by atoms with Crippen LogP contribution in [0.15, 0.2) is 24.5 Å². The lowest BCUT2D eigenvalue weighted by Gasteiger charge is -2.06. The molecule has 2 rings (SSSR count). The van der Waals surface area contributed by atoms with Crippen molar-refractivity contribution in [2.24, 2.45) is 0 Å². The van der Waals surface area contributed by atoms with Crippen LogP contribution in [0.2, 0.25) is 5.02 Å². The topological polar surface area (TPSA) is 70.7 Å². The van der Waals surface area contributed by atoms with Crippen LogP contribution in [0.3, 0.4) is 0 Å². The van der Waals surface area contributed by atoms with E-state index in [-0.39, 0.29) is 11.7 Å². The van der Waals surface area contributed by atoms with Crippen LogP contribution in [0, 0.1) is 6.92 Å². The van der Waals surface area contributed by atoms with Crippen molar-refractivity contribution in [2.45, 2.75) is 6.92 Å². The predicted molar refractivity (Wildman–Crippen MR) is 60.5 cm³/mol. The molecule has 0 unspecified atom stereocenters. The second-order valence-corrected chi connectivity index (χ2v) is 3.68. The van der Waals surface area contributed by atoms with E-state index in [1.54, 1.807) is 18.2 Å². The molecular formula is C10H9ClN4O. The Balaban J connectivity index is 2.18. The third-order valence-corrected chi connectivity index (χ3v) is 2.30. The van der Waals surface area contributed by atoms with Crippen LogP contribution in [-0.4, -0.2) is 21.1 Å². The molecule has 2 aromatic rings. The summed E-state index contributed by atoms with van der Waals surface area (Å²) in [6.45, 7) is 1.86. The van der Waals surface area contributed by atoms with E-state index in [0.717, 1.165) is 5.56 Å². The Morgan fingerprint density at radius 2 is 2.31 bits per heavy atom. The number of aromatic amines is 1. The van der Waals surface area contributed by atoms with E-state index in [9.17, 15) is 4.79 Å². The molecule has 0 aliphatic carbocycles. The second-order valence-electron chi connectivity index (χ2n) is 3.25. The quantitative estimate of drug-likeness (QED) is 0.838. The summed E-state index contributed by atoms with van der Waals surface area (Å²) in [4.78, 5) is 15.4. The van der Waals surface area contributed by atoms with Gasteiger partial charge in [-0.25, -0.2) is 4.98 Å². The zero-order valence-corrected chi connectivity index (χ0v) is 9.25. The number of nitrogens with one attached hydrogen (secondary N) is 2. The zero-order valence-electron chi connectivity index (χ0n) is 8.49. The molecular weight excluding hydrogens is 228 g/mol. The van der Waals surface area contributed by atoms with Gasteiger partial charge in [0.1, 0.15) is 6.33 Å². The maximum atomic E-state index is 11.6. The summed E-state index contributed by atoms with van der Waals surface area (Å²) < 4.78 is 0. The Bertz CT molecular complexity index is 510. The lowest BCUT2D eigenvalue weighted by atomic mass is 10.2. The van der Waals surface area contributed by atoms with Crippen molar-refractivity contribution >= 4 is 23.2 Å². The van der Waals surface area contributed by atoms with Gasteiger partial charge in [-0.2, -0.15) is 5.10 Å². The van der Waals surface area contributed by atoms with E-state index in [2.05, 4.69) is 20.5 Å². The minimum atomic E-state index is -0.331. The van der Waals surface area contributed by atoms with Gasteiger partial charge in [0.05, 0.1) is 0 Å². The molecule has 0 saturated carbocycles. The van der Waals surface area contributed by atoms with E-state index < -0.39 is 0 Å². The average molecular weight is 237 g/mol. The minimum Gasteiger partial charge on any atom is -0.319 e.